The Labute approximate surface area is 176 Å². The Morgan fingerprint density at radius 1 is 1.07 bits per heavy atom. The second-order valence-electron chi connectivity index (χ2n) is 9.07. The van der Waals surface area contributed by atoms with Crippen LogP contribution in [0.5, 0.6) is 0 Å². The van der Waals surface area contributed by atoms with E-state index in [0.29, 0.717) is 11.8 Å². The number of nitrogens with one attached hydrogen (secondary N) is 1. The Morgan fingerprint density at radius 2 is 1.79 bits per heavy atom. The molecular weight excluding hydrogens is 380 g/mol. The number of thiophene rings is 1. The normalized spacial score (nSPS) is 29.2. The zero-order valence-electron chi connectivity index (χ0n) is 16.8. The van der Waals surface area contributed by atoms with Crippen LogP contribution >= 0.6 is 11.3 Å². The topological polar surface area (TPSA) is 52.6 Å². The van der Waals surface area contributed by atoms with Crippen LogP contribution in [-0.2, 0) is 16.9 Å². The summed E-state index contributed by atoms with van der Waals surface area (Å²) in [6.07, 6.45) is 5.24. The molecule has 2 aliphatic carbocycles. The molecule has 0 bridgehead atoms. The van der Waals surface area contributed by atoms with Gasteiger partial charge in [-0.1, -0.05) is 55.7 Å². The third kappa shape index (κ3) is 3.65. The molecule has 1 saturated heterocycles. The van der Waals surface area contributed by atoms with Crippen molar-refractivity contribution in [3.63, 3.8) is 0 Å². The van der Waals surface area contributed by atoms with Gasteiger partial charge >= 0.3 is 0 Å². The van der Waals surface area contributed by atoms with Crippen molar-refractivity contribution >= 4 is 17.2 Å². The van der Waals surface area contributed by atoms with Gasteiger partial charge in [0.2, 0.25) is 0 Å². The predicted octanol–water partition coefficient (Wildman–Crippen LogP) is 3.76. The highest BCUT2D eigenvalue weighted by Crippen LogP contribution is 2.47. The highest BCUT2D eigenvalue weighted by Gasteiger charge is 2.58. The van der Waals surface area contributed by atoms with E-state index in [1.165, 1.54) is 11.3 Å². The fourth-order valence-corrected chi connectivity index (χ4v) is 6.35. The number of likely N-dealkylation sites (tertiary alicyclic amines) is 1. The Hall–Kier alpha value is -1.69. The van der Waals surface area contributed by atoms with E-state index in [9.17, 15) is 9.90 Å². The zero-order valence-corrected chi connectivity index (χ0v) is 17.6. The molecule has 2 N–H and O–H groups in total. The first-order valence-corrected chi connectivity index (χ1v) is 11.9. The number of benzene rings is 1. The molecule has 2 aromatic rings. The van der Waals surface area contributed by atoms with E-state index < -0.39 is 5.60 Å². The molecule has 0 spiro atoms. The van der Waals surface area contributed by atoms with Gasteiger partial charge < -0.3 is 10.4 Å². The van der Waals surface area contributed by atoms with E-state index in [1.807, 2.05) is 41.7 Å². The number of nitrogens with zero attached hydrogens (tertiary/aromatic N) is 1. The standard InChI is InChI=1S/C24H30N2O2S/c27-23(24(28,17-8-3-1-4-9-17)18-10-5-2-6-11-18)25-22-20-15-26(16-21(20)22)14-19-12-7-13-29-19/h1,3-4,7-9,12-13,18,20-22,28H,2,5-6,10-11,14-16H2,(H,25,27)/t20-,21?,22?,24?/m0/s1. The van der Waals surface area contributed by atoms with Gasteiger partial charge in [0, 0.05) is 36.5 Å². The molecule has 154 valence electrons. The van der Waals surface area contributed by atoms with Crippen LogP contribution in [0.3, 0.4) is 0 Å². The zero-order chi connectivity index (χ0) is 19.8. The lowest BCUT2D eigenvalue weighted by molar-refractivity contribution is -0.149. The minimum absolute atomic E-state index is 0.00701. The molecule has 3 fully saturated rings. The van der Waals surface area contributed by atoms with Crippen LogP contribution in [0.25, 0.3) is 0 Å². The SMILES string of the molecule is O=C(NC1C2CN(Cc3cccs3)C[C@@H]21)C(O)(c1ccccc1)C1CCCCC1. The number of carbonyl (C=O) groups excluding carboxylic acids is 1. The summed E-state index contributed by atoms with van der Waals surface area (Å²) < 4.78 is 0. The van der Waals surface area contributed by atoms with Crippen LogP contribution in [0, 0.1) is 17.8 Å². The second kappa shape index (κ2) is 7.86. The summed E-state index contributed by atoms with van der Waals surface area (Å²) in [6.45, 7) is 3.10. The Bertz CT molecular complexity index is 822. The fraction of sp³-hybridized carbons (Fsp3) is 0.542. The van der Waals surface area contributed by atoms with Crippen molar-refractivity contribution < 1.29 is 9.90 Å². The molecular formula is C24H30N2O2S. The summed E-state index contributed by atoms with van der Waals surface area (Å²) in [7, 11) is 0. The summed E-state index contributed by atoms with van der Waals surface area (Å²) in [5, 5.41) is 17.1. The first kappa shape index (κ1) is 19.3. The van der Waals surface area contributed by atoms with Gasteiger partial charge in [0.1, 0.15) is 0 Å². The summed E-state index contributed by atoms with van der Waals surface area (Å²) in [4.78, 5) is 17.3. The lowest BCUT2D eigenvalue weighted by Crippen LogP contribution is -2.51. The Morgan fingerprint density at radius 3 is 2.45 bits per heavy atom. The van der Waals surface area contributed by atoms with Crippen molar-refractivity contribution in [3.05, 3.63) is 58.3 Å². The van der Waals surface area contributed by atoms with E-state index in [0.717, 1.165) is 50.9 Å². The van der Waals surface area contributed by atoms with Crippen LogP contribution in [0.1, 0.15) is 42.5 Å². The molecule has 1 amide bonds. The minimum atomic E-state index is -1.41. The van der Waals surface area contributed by atoms with Gasteiger partial charge in [-0.25, -0.2) is 0 Å². The number of hydrogen-bond donors (Lipinski definition) is 2. The van der Waals surface area contributed by atoms with Gasteiger partial charge in [-0.15, -0.1) is 11.3 Å². The van der Waals surface area contributed by atoms with Gasteiger partial charge in [-0.05, 0) is 41.7 Å². The number of hydrogen-bond acceptors (Lipinski definition) is 4. The molecule has 1 aliphatic heterocycles. The maximum atomic E-state index is 13.4. The molecule has 29 heavy (non-hydrogen) atoms. The van der Waals surface area contributed by atoms with Crippen molar-refractivity contribution in [1.29, 1.82) is 0 Å². The average Bonchev–Trinajstić information content (AvgIpc) is 3.15. The van der Waals surface area contributed by atoms with Crippen LogP contribution in [0.2, 0.25) is 0 Å². The molecule has 5 heteroatoms. The molecule has 3 aliphatic rings. The van der Waals surface area contributed by atoms with Crippen molar-refractivity contribution in [3.8, 4) is 0 Å². The van der Waals surface area contributed by atoms with Crippen molar-refractivity contribution in [2.45, 2.75) is 50.3 Å². The lowest BCUT2D eigenvalue weighted by atomic mass is 9.73. The van der Waals surface area contributed by atoms with Gasteiger partial charge in [0.15, 0.2) is 5.60 Å². The van der Waals surface area contributed by atoms with Crippen LogP contribution in [0.4, 0.5) is 0 Å². The van der Waals surface area contributed by atoms with Gasteiger partial charge in [-0.2, -0.15) is 0 Å². The number of amides is 1. The second-order valence-corrected chi connectivity index (χ2v) is 10.1. The van der Waals surface area contributed by atoms with Gasteiger partial charge in [0.25, 0.3) is 5.91 Å². The maximum Gasteiger partial charge on any atom is 0.257 e. The van der Waals surface area contributed by atoms with Crippen molar-refractivity contribution in [2.75, 3.05) is 13.1 Å². The molecule has 5 rings (SSSR count). The number of rotatable bonds is 6. The smallest absolute Gasteiger partial charge is 0.257 e. The van der Waals surface area contributed by atoms with Crippen LogP contribution < -0.4 is 5.32 Å². The fourth-order valence-electron chi connectivity index (χ4n) is 5.61. The molecule has 2 heterocycles. The minimum Gasteiger partial charge on any atom is -0.375 e. The number of aliphatic hydroxyl groups is 1. The first-order chi connectivity index (χ1) is 14.2. The highest BCUT2D eigenvalue weighted by molar-refractivity contribution is 7.09. The number of carbonyl (C=O) groups is 1. The highest BCUT2D eigenvalue weighted by atomic mass is 32.1. The van der Waals surface area contributed by atoms with E-state index in [-0.39, 0.29) is 17.9 Å². The van der Waals surface area contributed by atoms with Gasteiger partial charge in [0.05, 0.1) is 0 Å². The summed E-state index contributed by atoms with van der Waals surface area (Å²) in [5.41, 5.74) is -0.663. The van der Waals surface area contributed by atoms with Crippen LogP contribution in [-0.4, -0.2) is 35.0 Å². The van der Waals surface area contributed by atoms with Crippen molar-refractivity contribution in [1.82, 2.24) is 10.2 Å². The first-order valence-electron chi connectivity index (χ1n) is 11.0. The quantitative estimate of drug-likeness (QED) is 0.762. The third-order valence-corrected chi connectivity index (χ3v) is 8.14. The third-order valence-electron chi connectivity index (χ3n) is 7.28. The van der Waals surface area contributed by atoms with E-state index >= 15 is 0 Å². The van der Waals surface area contributed by atoms with Crippen molar-refractivity contribution in [2.24, 2.45) is 17.8 Å². The molecule has 2 saturated carbocycles. The summed E-state index contributed by atoms with van der Waals surface area (Å²) in [6, 6.07) is 14.1. The number of piperidine rings is 1. The molecule has 1 aromatic carbocycles. The molecule has 4 nitrogen and oxygen atoms in total. The Kier molecular flexibility index (Phi) is 5.23. The largest absolute Gasteiger partial charge is 0.375 e. The molecule has 3 unspecified atom stereocenters. The predicted molar refractivity (Wildman–Crippen MR) is 115 cm³/mol. The van der Waals surface area contributed by atoms with E-state index in [1.54, 1.807) is 0 Å². The van der Waals surface area contributed by atoms with Crippen LogP contribution in [0.15, 0.2) is 47.8 Å². The molecule has 0 radical (unpaired) electrons. The summed E-state index contributed by atoms with van der Waals surface area (Å²) >= 11 is 1.81. The van der Waals surface area contributed by atoms with E-state index in [4.69, 9.17) is 0 Å². The lowest BCUT2D eigenvalue weighted by Gasteiger charge is -2.38. The maximum absolute atomic E-state index is 13.4. The summed E-state index contributed by atoms with van der Waals surface area (Å²) in [5.74, 6) is 0.892. The Balaban J connectivity index is 1.25. The number of fused-ring (bicyclic) bond motifs is 1. The van der Waals surface area contributed by atoms with E-state index in [2.05, 4.69) is 27.7 Å². The van der Waals surface area contributed by atoms with Gasteiger partial charge in [-0.3, -0.25) is 9.69 Å². The molecule has 4 atom stereocenters. The average molecular weight is 411 g/mol. The molecule has 1 aromatic heterocycles. The monoisotopic (exact) mass is 410 g/mol.